The maximum atomic E-state index is 5.00. The summed E-state index contributed by atoms with van der Waals surface area (Å²) in [4.78, 5) is 0. The van der Waals surface area contributed by atoms with Gasteiger partial charge in [-0.1, -0.05) is 25.5 Å². The van der Waals surface area contributed by atoms with Crippen LogP contribution in [0, 0.1) is 0 Å². The molecule has 0 unspecified atom stereocenters. The zero-order chi connectivity index (χ0) is 4.41. The van der Waals surface area contributed by atoms with Crippen LogP contribution >= 0.6 is 12.6 Å². The molecule has 1 aliphatic rings. The minimum absolute atomic E-state index is 0. The van der Waals surface area contributed by atoms with Crippen LogP contribution in [-0.2, 0) is 0 Å². The summed E-state index contributed by atoms with van der Waals surface area (Å²) in [5, 5.41) is 0.630. The summed E-state index contributed by atoms with van der Waals surface area (Å²) in [6.07, 6.45) is 5.37. The molecule has 1 aliphatic carbocycles. The number of rotatable bonds is 0. The monoisotopic (exact) mass is 161 g/mol. The van der Waals surface area contributed by atoms with Crippen molar-refractivity contribution >= 4 is 12.6 Å². The molecule has 1 saturated carbocycles. The number of hydrogen-bond acceptors (Lipinski definition) is 0. The molecule has 1 rings (SSSR count). The minimum atomic E-state index is 0. The minimum Gasteiger partial charge on any atom is -0.269 e. The Bertz CT molecular complexity index is 45.5. The van der Waals surface area contributed by atoms with Gasteiger partial charge in [-0.25, -0.2) is 0 Å². The van der Waals surface area contributed by atoms with Crippen LogP contribution in [0.2, 0.25) is 0 Å². The van der Waals surface area contributed by atoms with Crippen molar-refractivity contribution in [2.45, 2.75) is 30.9 Å². The standard InChI is InChI=1S/C5H9S.3FH/c6-5-3-1-2-4-5;;;/h5H,1-4H2;3*1H. The second-order valence-electron chi connectivity index (χ2n) is 1.91. The maximum absolute atomic E-state index is 5.00. The summed E-state index contributed by atoms with van der Waals surface area (Å²) in [6, 6.07) is 0. The molecular weight excluding hydrogens is 149 g/mol. The topological polar surface area (TPSA) is 0 Å². The van der Waals surface area contributed by atoms with Crippen LogP contribution < -0.4 is 0 Å². The van der Waals surface area contributed by atoms with E-state index in [1.807, 2.05) is 0 Å². The molecule has 0 aromatic heterocycles. The van der Waals surface area contributed by atoms with Gasteiger partial charge >= 0.3 is 0 Å². The highest BCUT2D eigenvalue weighted by molar-refractivity contribution is 7.80. The quantitative estimate of drug-likeness (QED) is 0.512. The van der Waals surface area contributed by atoms with Gasteiger partial charge < -0.3 is 0 Å². The van der Waals surface area contributed by atoms with Crippen molar-refractivity contribution in [3.8, 4) is 0 Å². The lowest BCUT2D eigenvalue weighted by Gasteiger charge is -1.88. The lowest BCUT2D eigenvalue weighted by atomic mass is 10.4. The van der Waals surface area contributed by atoms with E-state index in [4.69, 9.17) is 12.6 Å². The van der Waals surface area contributed by atoms with Crippen LogP contribution in [0.25, 0.3) is 0 Å². The second kappa shape index (κ2) is 8.14. The average Bonchev–Trinajstić information content (AvgIpc) is 1.86. The second-order valence-corrected chi connectivity index (χ2v) is 2.57. The van der Waals surface area contributed by atoms with Crippen LogP contribution in [0.4, 0.5) is 14.1 Å². The van der Waals surface area contributed by atoms with Crippen molar-refractivity contribution in [3.63, 3.8) is 0 Å². The van der Waals surface area contributed by atoms with Crippen molar-refractivity contribution in [1.82, 2.24) is 0 Å². The van der Waals surface area contributed by atoms with Crippen molar-refractivity contribution in [2.75, 3.05) is 0 Å². The molecule has 9 heavy (non-hydrogen) atoms. The fourth-order valence-corrected chi connectivity index (χ4v) is 1.22. The molecule has 0 aromatic carbocycles. The third-order valence-electron chi connectivity index (χ3n) is 1.30. The first-order chi connectivity index (χ1) is 2.89. The van der Waals surface area contributed by atoms with E-state index in [9.17, 15) is 0 Å². The zero-order valence-electron chi connectivity index (χ0n) is 5.04. The lowest BCUT2D eigenvalue weighted by Crippen LogP contribution is -1.83. The van der Waals surface area contributed by atoms with Crippen LogP contribution in [0.15, 0.2) is 0 Å². The van der Waals surface area contributed by atoms with E-state index in [0.717, 1.165) is 0 Å². The van der Waals surface area contributed by atoms with Crippen LogP contribution in [0.3, 0.4) is 0 Å². The van der Waals surface area contributed by atoms with Gasteiger partial charge in [0.1, 0.15) is 0 Å². The Morgan fingerprint density at radius 2 is 1.22 bits per heavy atom. The third-order valence-corrected chi connectivity index (χ3v) is 1.77. The van der Waals surface area contributed by atoms with E-state index >= 15 is 0 Å². The third kappa shape index (κ3) is 6.02. The van der Waals surface area contributed by atoms with Gasteiger partial charge in [0.05, 0.1) is 0 Å². The Morgan fingerprint density at radius 1 is 0.889 bits per heavy atom. The molecule has 4 heteroatoms. The Hall–Kier alpha value is 0.140. The van der Waals surface area contributed by atoms with Crippen LogP contribution in [-0.4, -0.2) is 5.25 Å². The summed E-state index contributed by atoms with van der Waals surface area (Å²) in [7, 11) is 0. The van der Waals surface area contributed by atoms with E-state index in [1.54, 1.807) is 0 Å². The van der Waals surface area contributed by atoms with E-state index in [0.29, 0.717) is 5.25 Å². The summed E-state index contributed by atoms with van der Waals surface area (Å²) in [6.45, 7) is 0. The molecule has 0 heterocycles. The maximum Gasteiger partial charge on any atom is 0.0151 e. The molecule has 0 bridgehead atoms. The van der Waals surface area contributed by atoms with Crippen molar-refractivity contribution in [1.29, 1.82) is 0 Å². The van der Waals surface area contributed by atoms with Gasteiger partial charge in [0.15, 0.2) is 0 Å². The van der Waals surface area contributed by atoms with E-state index < -0.39 is 0 Å². The van der Waals surface area contributed by atoms with Crippen LogP contribution in [0.5, 0.6) is 0 Å². The first kappa shape index (κ1) is 16.1. The Labute approximate surface area is 58.5 Å². The molecule has 0 spiro atoms. The molecule has 0 N–H and O–H groups in total. The average molecular weight is 161 g/mol. The molecule has 0 nitrogen and oxygen atoms in total. The molecule has 0 saturated heterocycles. The molecule has 0 amide bonds. The summed E-state index contributed by atoms with van der Waals surface area (Å²) < 4.78 is 0. The van der Waals surface area contributed by atoms with Crippen LogP contribution in [0.1, 0.15) is 25.7 Å². The van der Waals surface area contributed by atoms with Gasteiger partial charge in [0.25, 0.3) is 0 Å². The normalized spacial score (nSPS) is 17.0. The first-order valence-corrected chi connectivity index (χ1v) is 3.02. The van der Waals surface area contributed by atoms with Gasteiger partial charge in [0.2, 0.25) is 0 Å². The SMILES string of the molecule is F.F.F.[S]C1CCCC1. The fourth-order valence-electron chi connectivity index (χ4n) is 0.888. The Balaban J connectivity index is -0.000000120. The Kier molecular flexibility index (Phi) is 14.5. The van der Waals surface area contributed by atoms with Gasteiger partial charge in [-0.2, -0.15) is 0 Å². The van der Waals surface area contributed by atoms with E-state index in [2.05, 4.69) is 0 Å². The van der Waals surface area contributed by atoms with Gasteiger partial charge in [-0.15, -0.1) is 0 Å². The van der Waals surface area contributed by atoms with E-state index in [1.165, 1.54) is 25.7 Å². The van der Waals surface area contributed by atoms with Crippen molar-refractivity contribution < 1.29 is 14.1 Å². The number of halogens is 3. The fraction of sp³-hybridized carbons (Fsp3) is 1.00. The molecule has 0 aliphatic heterocycles. The summed E-state index contributed by atoms with van der Waals surface area (Å²) in [5.74, 6) is 0. The molecule has 0 atom stereocenters. The van der Waals surface area contributed by atoms with Crippen molar-refractivity contribution in [3.05, 3.63) is 0 Å². The van der Waals surface area contributed by atoms with Gasteiger partial charge in [-0.05, 0) is 12.8 Å². The van der Waals surface area contributed by atoms with Crippen molar-refractivity contribution in [2.24, 2.45) is 0 Å². The largest absolute Gasteiger partial charge is 0.269 e. The predicted molar refractivity (Wildman–Crippen MR) is 37.4 cm³/mol. The Morgan fingerprint density at radius 3 is 1.33 bits per heavy atom. The molecule has 1 fully saturated rings. The molecule has 1 radical (unpaired) electrons. The lowest BCUT2D eigenvalue weighted by molar-refractivity contribution is 0.886. The smallest absolute Gasteiger partial charge is 0.0151 e. The predicted octanol–water partition coefficient (Wildman–Crippen LogP) is 2.58. The molecule has 59 valence electrons. The van der Waals surface area contributed by atoms with Gasteiger partial charge in [-0.3, -0.25) is 14.1 Å². The molecule has 0 aromatic rings. The zero-order valence-corrected chi connectivity index (χ0v) is 5.86. The number of hydrogen-bond donors (Lipinski definition) is 0. The first-order valence-electron chi connectivity index (χ1n) is 2.55. The highest BCUT2D eigenvalue weighted by atomic mass is 32.1. The van der Waals surface area contributed by atoms with Gasteiger partial charge in [0, 0.05) is 5.25 Å². The van der Waals surface area contributed by atoms with E-state index in [-0.39, 0.29) is 14.1 Å². The summed E-state index contributed by atoms with van der Waals surface area (Å²) >= 11 is 5.00. The summed E-state index contributed by atoms with van der Waals surface area (Å²) in [5.41, 5.74) is 0. The molecular formula is C5H12F3S. The highest BCUT2D eigenvalue weighted by Gasteiger charge is 2.09. The highest BCUT2D eigenvalue weighted by Crippen LogP contribution is 2.21.